The van der Waals surface area contributed by atoms with Gasteiger partial charge in [-0.3, -0.25) is 9.48 Å². The minimum atomic E-state index is 0.0561. The van der Waals surface area contributed by atoms with Crippen LogP contribution in [0, 0.1) is 6.92 Å². The van der Waals surface area contributed by atoms with Crippen molar-refractivity contribution in [1.29, 1.82) is 0 Å². The topological polar surface area (TPSA) is 34.9 Å². The van der Waals surface area contributed by atoms with Gasteiger partial charge in [0.05, 0.1) is 7.57 Å². The lowest BCUT2D eigenvalue weighted by Gasteiger charge is -2.02. The Morgan fingerprint density at radius 1 is 1.56 bits per heavy atom. The molecule has 84 valence electrons. The molecule has 0 atom stereocenters. The third-order valence-electron chi connectivity index (χ3n) is 2.18. The van der Waals surface area contributed by atoms with Crippen LogP contribution < -0.4 is 0 Å². The van der Waals surface area contributed by atoms with E-state index in [1.54, 1.807) is 10.9 Å². The van der Waals surface area contributed by atoms with E-state index in [0.717, 1.165) is 13.3 Å². The maximum absolute atomic E-state index is 12.0. The highest BCUT2D eigenvalue weighted by Gasteiger charge is 2.14. The number of rotatable bonds is 3. The normalized spacial score (nSPS) is 10.7. The van der Waals surface area contributed by atoms with Gasteiger partial charge >= 0.3 is 0 Å². The van der Waals surface area contributed by atoms with Gasteiger partial charge in [0.25, 0.3) is 0 Å². The predicted molar refractivity (Wildman–Crippen MR) is 71.0 cm³/mol. The number of ketones is 1. The SMILES string of the molecule is Cc1ccnn1CC(=O)c1cc(Br)sc1Br. The first-order chi connectivity index (χ1) is 7.58. The largest absolute Gasteiger partial charge is 0.292 e. The van der Waals surface area contributed by atoms with Gasteiger partial charge in [-0.1, -0.05) is 0 Å². The van der Waals surface area contributed by atoms with Gasteiger partial charge in [0, 0.05) is 17.5 Å². The number of hydrogen-bond donors (Lipinski definition) is 0. The van der Waals surface area contributed by atoms with E-state index < -0.39 is 0 Å². The third-order valence-corrected chi connectivity index (χ3v) is 4.52. The molecule has 0 unspecified atom stereocenters. The first kappa shape index (κ1) is 12.0. The van der Waals surface area contributed by atoms with Crippen molar-refractivity contribution in [2.45, 2.75) is 13.5 Å². The van der Waals surface area contributed by atoms with Gasteiger partial charge in [0.2, 0.25) is 0 Å². The zero-order valence-electron chi connectivity index (χ0n) is 8.41. The van der Waals surface area contributed by atoms with E-state index >= 15 is 0 Å². The Bertz CT molecular complexity index is 533. The molecular weight excluding hydrogens is 356 g/mol. The molecule has 2 aromatic heterocycles. The second-order valence-electron chi connectivity index (χ2n) is 3.29. The molecule has 0 N–H and O–H groups in total. The van der Waals surface area contributed by atoms with Crippen molar-refractivity contribution in [3.63, 3.8) is 0 Å². The third kappa shape index (κ3) is 2.44. The molecule has 0 aliphatic carbocycles. The van der Waals surface area contributed by atoms with Gasteiger partial charge in [-0.15, -0.1) is 11.3 Å². The maximum Gasteiger partial charge on any atom is 0.186 e. The summed E-state index contributed by atoms with van der Waals surface area (Å²) >= 11 is 8.23. The first-order valence-corrected chi connectivity index (χ1v) is 6.94. The molecule has 3 nitrogen and oxygen atoms in total. The highest BCUT2D eigenvalue weighted by Crippen LogP contribution is 2.32. The lowest BCUT2D eigenvalue weighted by molar-refractivity contribution is 0.0966. The molecule has 16 heavy (non-hydrogen) atoms. The van der Waals surface area contributed by atoms with Crippen LogP contribution >= 0.6 is 43.2 Å². The van der Waals surface area contributed by atoms with Crippen molar-refractivity contribution in [1.82, 2.24) is 9.78 Å². The number of nitrogens with zero attached hydrogens (tertiary/aromatic N) is 2. The molecule has 0 saturated carbocycles. The summed E-state index contributed by atoms with van der Waals surface area (Å²) in [6, 6.07) is 3.71. The van der Waals surface area contributed by atoms with E-state index in [2.05, 4.69) is 37.0 Å². The summed E-state index contributed by atoms with van der Waals surface area (Å²) in [5.41, 5.74) is 1.69. The van der Waals surface area contributed by atoms with E-state index in [9.17, 15) is 4.79 Å². The molecule has 2 heterocycles. The van der Waals surface area contributed by atoms with E-state index in [-0.39, 0.29) is 12.3 Å². The fourth-order valence-electron chi connectivity index (χ4n) is 1.32. The van der Waals surface area contributed by atoms with Gasteiger partial charge in [-0.05, 0) is 50.9 Å². The van der Waals surface area contributed by atoms with Crippen LogP contribution in [0.5, 0.6) is 0 Å². The van der Waals surface area contributed by atoms with Crippen molar-refractivity contribution < 1.29 is 4.79 Å². The first-order valence-electron chi connectivity index (χ1n) is 4.54. The molecule has 0 aliphatic heterocycles. The molecule has 6 heteroatoms. The van der Waals surface area contributed by atoms with Gasteiger partial charge in [-0.2, -0.15) is 5.10 Å². The Hall–Kier alpha value is -0.460. The van der Waals surface area contributed by atoms with E-state index in [4.69, 9.17) is 0 Å². The summed E-state index contributed by atoms with van der Waals surface area (Å²) in [4.78, 5) is 12.0. The fourth-order valence-corrected chi connectivity index (χ4v) is 4.17. The van der Waals surface area contributed by atoms with Crippen molar-refractivity contribution in [2.24, 2.45) is 0 Å². The summed E-state index contributed by atoms with van der Waals surface area (Å²) in [7, 11) is 0. The number of aryl methyl sites for hydroxylation is 1. The highest BCUT2D eigenvalue weighted by molar-refractivity contribution is 9.12. The quantitative estimate of drug-likeness (QED) is 0.780. The summed E-state index contributed by atoms with van der Waals surface area (Å²) in [6.07, 6.45) is 1.70. The van der Waals surface area contributed by atoms with Crippen LogP contribution in [0.1, 0.15) is 16.1 Å². The number of hydrogen-bond acceptors (Lipinski definition) is 3. The number of halogens is 2. The second kappa shape index (κ2) is 4.81. The van der Waals surface area contributed by atoms with E-state index in [1.807, 2.05) is 19.1 Å². The number of thiophene rings is 1. The molecule has 0 aliphatic rings. The number of carbonyl (C=O) groups is 1. The number of carbonyl (C=O) groups excluding carboxylic acids is 1. The van der Waals surface area contributed by atoms with Crippen molar-refractivity contribution in [3.8, 4) is 0 Å². The van der Waals surface area contributed by atoms with Crippen molar-refractivity contribution in [3.05, 3.63) is 37.2 Å². The van der Waals surface area contributed by atoms with Crippen LogP contribution in [0.25, 0.3) is 0 Å². The fraction of sp³-hybridized carbons (Fsp3) is 0.200. The smallest absolute Gasteiger partial charge is 0.186 e. The molecule has 0 amide bonds. The molecule has 0 aromatic carbocycles. The number of Topliss-reactive ketones (excluding diaryl/α,β-unsaturated/α-hetero) is 1. The van der Waals surface area contributed by atoms with Gasteiger partial charge < -0.3 is 0 Å². The summed E-state index contributed by atoms with van der Waals surface area (Å²) in [5.74, 6) is 0.0561. The molecule has 0 bridgehead atoms. The minimum absolute atomic E-state index is 0.0561. The van der Waals surface area contributed by atoms with Gasteiger partial charge in [0.15, 0.2) is 5.78 Å². The zero-order valence-corrected chi connectivity index (χ0v) is 12.4. The van der Waals surface area contributed by atoms with Crippen LogP contribution in [0.2, 0.25) is 0 Å². The summed E-state index contributed by atoms with van der Waals surface area (Å²) < 4.78 is 3.49. The van der Waals surface area contributed by atoms with E-state index in [0.29, 0.717) is 5.56 Å². The van der Waals surface area contributed by atoms with Crippen LogP contribution in [-0.2, 0) is 6.54 Å². The Morgan fingerprint density at radius 3 is 2.81 bits per heavy atom. The zero-order chi connectivity index (χ0) is 11.7. The molecule has 0 saturated heterocycles. The second-order valence-corrected chi connectivity index (χ2v) is 7.04. The Kier molecular flexibility index (Phi) is 3.61. The van der Waals surface area contributed by atoms with Crippen LogP contribution in [0.3, 0.4) is 0 Å². The Balaban J connectivity index is 2.21. The maximum atomic E-state index is 12.0. The van der Waals surface area contributed by atoms with Crippen molar-refractivity contribution >= 4 is 49.0 Å². The van der Waals surface area contributed by atoms with Gasteiger partial charge in [0.1, 0.15) is 6.54 Å². The Labute approximate surface area is 114 Å². The average molecular weight is 364 g/mol. The standard InChI is InChI=1S/C10H8Br2N2OS/c1-6-2-3-13-14(6)5-8(15)7-4-9(11)16-10(7)12/h2-4H,5H2,1H3. The molecular formula is C10H8Br2N2OS. The van der Waals surface area contributed by atoms with Crippen molar-refractivity contribution in [2.75, 3.05) is 0 Å². The average Bonchev–Trinajstić information content (AvgIpc) is 2.74. The van der Waals surface area contributed by atoms with E-state index in [1.165, 1.54) is 11.3 Å². The predicted octanol–water partition coefficient (Wildman–Crippen LogP) is 3.66. The molecule has 2 rings (SSSR count). The monoisotopic (exact) mass is 362 g/mol. The molecule has 2 aromatic rings. The highest BCUT2D eigenvalue weighted by atomic mass is 79.9. The minimum Gasteiger partial charge on any atom is -0.292 e. The van der Waals surface area contributed by atoms with Gasteiger partial charge in [-0.25, -0.2) is 0 Å². The lowest BCUT2D eigenvalue weighted by atomic mass is 10.2. The molecule has 0 radical (unpaired) electrons. The van der Waals surface area contributed by atoms with Crippen LogP contribution in [-0.4, -0.2) is 15.6 Å². The summed E-state index contributed by atoms with van der Waals surface area (Å²) in [6.45, 7) is 2.21. The lowest BCUT2D eigenvalue weighted by Crippen LogP contribution is -2.12. The molecule has 0 fully saturated rings. The number of aromatic nitrogens is 2. The molecule has 0 spiro atoms. The Morgan fingerprint density at radius 2 is 2.31 bits per heavy atom. The summed E-state index contributed by atoms with van der Waals surface area (Å²) in [5, 5.41) is 4.09. The van der Waals surface area contributed by atoms with Crippen LogP contribution in [0.4, 0.5) is 0 Å². The van der Waals surface area contributed by atoms with Crippen LogP contribution in [0.15, 0.2) is 25.9 Å².